The van der Waals surface area contributed by atoms with Crippen LogP contribution in [0.15, 0.2) is 0 Å². The van der Waals surface area contributed by atoms with Gasteiger partial charge in [-0.25, -0.2) is 0 Å². The van der Waals surface area contributed by atoms with Gasteiger partial charge >= 0.3 is 5.97 Å². The first-order valence-corrected chi connectivity index (χ1v) is 7.27. The molecular formula is C15H28N2O3. The topological polar surface area (TPSA) is 69.6 Å². The second-order valence-electron chi connectivity index (χ2n) is 7.25. The van der Waals surface area contributed by atoms with Crippen molar-refractivity contribution in [3.63, 3.8) is 0 Å². The minimum absolute atomic E-state index is 0.0257. The summed E-state index contributed by atoms with van der Waals surface area (Å²) >= 11 is 0. The van der Waals surface area contributed by atoms with Crippen molar-refractivity contribution in [2.45, 2.75) is 33.6 Å². The maximum Gasteiger partial charge on any atom is 0.307 e. The van der Waals surface area contributed by atoms with Crippen molar-refractivity contribution in [2.75, 3.05) is 27.2 Å². The second-order valence-corrected chi connectivity index (χ2v) is 7.25. The maximum atomic E-state index is 12.3. The highest BCUT2D eigenvalue weighted by molar-refractivity contribution is 5.85. The van der Waals surface area contributed by atoms with Gasteiger partial charge in [-0.3, -0.25) is 9.59 Å². The van der Waals surface area contributed by atoms with Gasteiger partial charge in [-0.1, -0.05) is 20.8 Å². The highest BCUT2D eigenvalue weighted by Crippen LogP contribution is 2.36. The zero-order chi connectivity index (χ0) is 15.5. The van der Waals surface area contributed by atoms with E-state index in [1.807, 2.05) is 21.0 Å². The lowest BCUT2D eigenvalue weighted by atomic mass is 9.91. The number of hydrogen-bond acceptors (Lipinski definition) is 3. The number of aliphatic carboxylic acids is 1. The molecule has 5 heteroatoms. The van der Waals surface area contributed by atoms with Crippen molar-refractivity contribution in [1.82, 2.24) is 10.2 Å². The van der Waals surface area contributed by atoms with Gasteiger partial charge in [0.2, 0.25) is 5.91 Å². The van der Waals surface area contributed by atoms with Crippen LogP contribution in [-0.2, 0) is 9.59 Å². The molecule has 2 N–H and O–H groups in total. The van der Waals surface area contributed by atoms with Crippen LogP contribution in [-0.4, -0.2) is 49.1 Å². The van der Waals surface area contributed by atoms with E-state index in [-0.39, 0.29) is 17.2 Å². The molecule has 0 radical (unpaired) electrons. The van der Waals surface area contributed by atoms with Crippen molar-refractivity contribution in [2.24, 2.45) is 23.2 Å². The zero-order valence-electron chi connectivity index (χ0n) is 13.3. The summed E-state index contributed by atoms with van der Waals surface area (Å²) in [6.07, 6.45) is 1.28. The molecule has 0 bridgehead atoms. The summed E-state index contributed by atoms with van der Waals surface area (Å²) < 4.78 is 0. The molecule has 1 saturated carbocycles. The second kappa shape index (κ2) is 6.57. The van der Waals surface area contributed by atoms with E-state index in [0.29, 0.717) is 25.3 Å². The summed E-state index contributed by atoms with van der Waals surface area (Å²) in [5.74, 6) is -1.54. The van der Waals surface area contributed by atoms with Crippen LogP contribution in [0.4, 0.5) is 0 Å². The number of carbonyl (C=O) groups is 2. The average molecular weight is 284 g/mol. The van der Waals surface area contributed by atoms with Crippen molar-refractivity contribution >= 4 is 11.9 Å². The number of amides is 1. The normalized spacial score (nSPS) is 26.8. The molecule has 0 saturated heterocycles. The molecule has 3 atom stereocenters. The third kappa shape index (κ3) is 4.78. The van der Waals surface area contributed by atoms with E-state index in [0.717, 1.165) is 6.54 Å². The largest absolute Gasteiger partial charge is 0.481 e. The number of nitrogens with one attached hydrogen (secondary N) is 1. The fourth-order valence-electron chi connectivity index (χ4n) is 3.22. The van der Waals surface area contributed by atoms with Crippen molar-refractivity contribution in [3.8, 4) is 0 Å². The molecule has 0 aromatic heterocycles. The molecular weight excluding hydrogens is 256 g/mol. The molecule has 20 heavy (non-hydrogen) atoms. The van der Waals surface area contributed by atoms with Gasteiger partial charge in [-0.15, -0.1) is 0 Å². The van der Waals surface area contributed by atoms with Crippen LogP contribution in [0.1, 0.15) is 33.6 Å². The van der Waals surface area contributed by atoms with Gasteiger partial charge in [-0.05, 0) is 38.3 Å². The van der Waals surface area contributed by atoms with Gasteiger partial charge in [0.1, 0.15) is 0 Å². The molecule has 0 aliphatic heterocycles. The number of carbonyl (C=O) groups excluding carboxylic acids is 1. The Kier molecular flexibility index (Phi) is 5.57. The lowest BCUT2D eigenvalue weighted by molar-refractivity contribution is -0.146. The van der Waals surface area contributed by atoms with Crippen LogP contribution in [0, 0.1) is 23.2 Å². The van der Waals surface area contributed by atoms with E-state index in [9.17, 15) is 14.7 Å². The zero-order valence-corrected chi connectivity index (χ0v) is 13.3. The van der Waals surface area contributed by atoms with Crippen LogP contribution in [0.3, 0.4) is 0 Å². The maximum absolute atomic E-state index is 12.3. The summed E-state index contributed by atoms with van der Waals surface area (Å²) in [6.45, 7) is 7.65. The summed E-state index contributed by atoms with van der Waals surface area (Å²) in [6, 6.07) is 0. The minimum Gasteiger partial charge on any atom is -0.481 e. The van der Waals surface area contributed by atoms with Crippen LogP contribution in [0.2, 0.25) is 0 Å². The molecule has 1 amide bonds. The summed E-state index contributed by atoms with van der Waals surface area (Å²) in [5.41, 5.74) is -0.0257. The highest BCUT2D eigenvalue weighted by Gasteiger charge is 2.41. The third-order valence-corrected chi connectivity index (χ3v) is 3.94. The van der Waals surface area contributed by atoms with E-state index in [1.165, 1.54) is 0 Å². The van der Waals surface area contributed by atoms with Gasteiger partial charge in [0.05, 0.1) is 11.8 Å². The molecule has 1 unspecified atom stereocenters. The fourth-order valence-corrected chi connectivity index (χ4v) is 3.22. The third-order valence-electron chi connectivity index (χ3n) is 3.94. The Morgan fingerprint density at radius 1 is 1.25 bits per heavy atom. The van der Waals surface area contributed by atoms with Gasteiger partial charge in [0, 0.05) is 13.1 Å². The molecule has 116 valence electrons. The van der Waals surface area contributed by atoms with E-state index >= 15 is 0 Å². The predicted octanol–water partition coefficient (Wildman–Crippen LogP) is 1.44. The highest BCUT2D eigenvalue weighted by atomic mass is 16.4. The van der Waals surface area contributed by atoms with Crippen molar-refractivity contribution < 1.29 is 14.7 Å². The Bertz CT molecular complexity index is 366. The number of rotatable bonds is 6. The number of carboxylic acids is 1. The first kappa shape index (κ1) is 17.0. The van der Waals surface area contributed by atoms with Crippen molar-refractivity contribution in [1.29, 1.82) is 0 Å². The number of carboxylic acid groups (broad SMARTS) is 1. The lowest BCUT2D eigenvalue weighted by Gasteiger charge is -2.29. The Hall–Kier alpha value is -1.10. The molecule has 1 aliphatic carbocycles. The van der Waals surface area contributed by atoms with Crippen LogP contribution < -0.4 is 5.32 Å². The number of nitrogens with zero attached hydrogens (tertiary/aromatic N) is 1. The smallest absolute Gasteiger partial charge is 0.307 e. The van der Waals surface area contributed by atoms with Crippen molar-refractivity contribution in [3.05, 3.63) is 0 Å². The number of hydrogen-bond donors (Lipinski definition) is 2. The molecule has 5 nitrogen and oxygen atoms in total. The monoisotopic (exact) mass is 284 g/mol. The van der Waals surface area contributed by atoms with Gasteiger partial charge < -0.3 is 15.3 Å². The van der Waals surface area contributed by atoms with Gasteiger partial charge in [0.15, 0.2) is 0 Å². The molecule has 1 rings (SSSR count). The minimum atomic E-state index is -0.845. The summed E-state index contributed by atoms with van der Waals surface area (Å²) in [4.78, 5) is 25.6. The first-order chi connectivity index (χ1) is 9.12. The van der Waals surface area contributed by atoms with E-state index in [1.54, 1.807) is 0 Å². The standard InChI is InChI=1S/C15H28N2O3/c1-10-6-11(12(7-10)14(19)20)13(18)16-8-15(2,3)9-17(4)5/h10-12H,6-9H2,1-5H3,(H,16,18)(H,19,20)/t10?,11-,12+/m0/s1. The van der Waals surface area contributed by atoms with E-state index < -0.39 is 11.9 Å². The van der Waals surface area contributed by atoms with E-state index in [4.69, 9.17) is 0 Å². The molecule has 0 aromatic rings. The van der Waals surface area contributed by atoms with Gasteiger partial charge in [0.25, 0.3) is 0 Å². The molecule has 1 aliphatic rings. The SMILES string of the molecule is CC1C[C@H](C(=O)NCC(C)(C)CN(C)C)[C@H](C(=O)O)C1. The quantitative estimate of drug-likeness (QED) is 0.774. The summed E-state index contributed by atoms with van der Waals surface area (Å²) in [5, 5.41) is 12.2. The van der Waals surface area contributed by atoms with Crippen LogP contribution in [0.25, 0.3) is 0 Å². The molecule has 0 aromatic carbocycles. The fraction of sp³-hybridized carbons (Fsp3) is 0.867. The van der Waals surface area contributed by atoms with Gasteiger partial charge in [-0.2, -0.15) is 0 Å². The Morgan fingerprint density at radius 2 is 1.80 bits per heavy atom. The van der Waals surface area contributed by atoms with E-state index in [2.05, 4.69) is 24.1 Å². The predicted molar refractivity (Wildman–Crippen MR) is 78.4 cm³/mol. The Morgan fingerprint density at radius 3 is 2.30 bits per heavy atom. The van der Waals surface area contributed by atoms with Crippen LogP contribution in [0.5, 0.6) is 0 Å². The summed E-state index contributed by atoms with van der Waals surface area (Å²) in [7, 11) is 4.01. The average Bonchev–Trinajstić information content (AvgIpc) is 2.67. The molecule has 0 spiro atoms. The molecule has 0 heterocycles. The Labute approximate surface area is 121 Å². The Balaban J connectivity index is 2.56. The van der Waals surface area contributed by atoms with Crippen LogP contribution >= 0.6 is 0 Å². The molecule has 1 fully saturated rings. The lowest BCUT2D eigenvalue weighted by Crippen LogP contribution is -2.43. The first-order valence-electron chi connectivity index (χ1n) is 7.27.